The van der Waals surface area contributed by atoms with Crippen LogP contribution in [0.5, 0.6) is 0 Å². The zero-order valence-electron chi connectivity index (χ0n) is 9.97. The maximum atomic E-state index is 12.2. The van der Waals surface area contributed by atoms with E-state index >= 15 is 0 Å². The van der Waals surface area contributed by atoms with Crippen LogP contribution in [0.15, 0.2) is 23.4 Å². The second-order valence-electron chi connectivity index (χ2n) is 3.59. The molecule has 0 spiro atoms. The molecule has 6 heteroatoms. The molecule has 0 heterocycles. The summed E-state index contributed by atoms with van der Waals surface area (Å²) in [5.74, 6) is -1.86. The van der Waals surface area contributed by atoms with Crippen LogP contribution < -0.4 is 5.32 Å². The first-order valence-electron chi connectivity index (χ1n) is 4.98. The lowest BCUT2D eigenvalue weighted by atomic mass is 9.94. The lowest BCUT2D eigenvalue weighted by Crippen LogP contribution is -2.56. The summed E-state index contributed by atoms with van der Waals surface area (Å²) in [4.78, 5) is 10.7. The van der Waals surface area contributed by atoms with E-state index in [4.69, 9.17) is 32.7 Å². The molecule has 0 aromatic heterocycles. The van der Waals surface area contributed by atoms with Gasteiger partial charge in [0, 0.05) is 21.3 Å². The smallest absolute Gasteiger partial charge is 0.238 e. The van der Waals surface area contributed by atoms with Gasteiger partial charge in [-0.25, -0.2) is 0 Å². The molecule has 0 aromatic rings. The van der Waals surface area contributed by atoms with Crippen molar-refractivity contribution >= 4 is 29.0 Å². The highest BCUT2D eigenvalue weighted by Crippen LogP contribution is 2.50. The van der Waals surface area contributed by atoms with E-state index in [1.807, 2.05) is 0 Å². The molecule has 4 nitrogen and oxygen atoms in total. The number of nitrogens with one attached hydrogen (secondary N) is 1. The summed E-state index contributed by atoms with van der Waals surface area (Å²) in [5, 5.41) is 2.80. The number of Topliss-reactive ketones (excluding diaryl/α,β-unsaturated/α-hetero) is 1. The number of ether oxygens (including phenoxy) is 2. The molecule has 0 saturated heterocycles. The van der Waals surface area contributed by atoms with Crippen LogP contribution >= 0.6 is 23.2 Å². The Morgan fingerprint density at radius 1 is 1.47 bits per heavy atom. The van der Waals surface area contributed by atoms with Gasteiger partial charge in [0.15, 0.2) is 4.87 Å². The highest BCUT2D eigenvalue weighted by Gasteiger charge is 2.65. The second-order valence-corrected chi connectivity index (χ2v) is 4.61. The minimum absolute atomic E-state index is 0.00644. The van der Waals surface area contributed by atoms with E-state index in [9.17, 15) is 4.79 Å². The van der Waals surface area contributed by atoms with Crippen LogP contribution in [0.3, 0.4) is 0 Å². The van der Waals surface area contributed by atoms with Gasteiger partial charge in [-0.15, -0.1) is 18.2 Å². The number of hydrogen-bond donors (Lipinski definition) is 1. The van der Waals surface area contributed by atoms with Crippen molar-refractivity contribution in [2.45, 2.75) is 17.1 Å². The largest absolute Gasteiger partial charge is 0.386 e. The third kappa shape index (κ3) is 1.71. The van der Waals surface area contributed by atoms with Gasteiger partial charge in [0.05, 0.1) is 5.70 Å². The quantitative estimate of drug-likeness (QED) is 0.474. The Labute approximate surface area is 111 Å². The number of carbonyl (C=O) groups is 1. The number of likely N-dealkylation sites (N-methyl/N-ethyl adjacent to an activating group) is 1. The van der Waals surface area contributed by atoms with Gasteiger partial charge >= 0.3 is 0 Å². The third-order valence-corrected chi connectivity index (χ3v) is 3.82. The Bertz CT molecular complexity index is 377. The number of halogens is 2. The third-order valence-electron chi connectivity index (χ3n) is 2.88. The van der Waals surface area contributed by atoms with E-state index in [0.717, 1.165) is 0 Å². The molecule has 0 amide bonds. The molecule has 0 bridgehead atoms. The van der Waals surface area contributed by atoms with Gasteiger partial charge < -0.3 is 14.8 Å². The van der Waals surface area contributed by atoms with Crippen molar-refractivity contribution in [3.8, 4) is 0 Å². The minimum atomic E-state index is -1.44. The molecule has 1 unspecified atom stereocenters. The summed E-state index contributed by atoms with van der Waals surface area (Å²) in [7, 11) is 4.43. The van der Waals surface area contributed by atoms with E-state index in [0.29, 0.717) is 5.70 Å². The number of methoxy groups -OCH3 is 2. The number of carbonyl (C=O) groups excluding carboxylic acids is 1. The molecule has 96 valence electrons. The van der Waals surface area contributed by atoms with Crippen LogP contribution in [-0.4, -0.2) is 37.7 Å². The first-order chi connectivity index (χ1) is 7.95. The molecule has 1 aliphatic carbocycles. The summed E-state index contributed by atoms with van der Waals surface area (Å²) in [6.45, 7) is 3.58. The standard InChI is InChI=1S/C11H15Cl2NO3/c1-5-6-10(13)9(15)7(12)8(14-2)11(10,16-3)17-4/h5,14H,1,6H2,2-4H3. The minimum Gasteiger partial charge on any atom is -0.386 e. The van der Waals surface area contributed by atoms with Crippen molar-refractivity contribution < 1.29 is 14.3 Å². The lowest BCUT2D eigenvalue weighted by molar-refractivity contribution is -0.198. The first-order valence-corrected chi connectivity index (χ1v) is 5.73. The van der Waals surface area contributed by atoms with Crippen molar-refractivity contribution in [1.29, 1.82) is 0 Å². The van der Waals surface area contributed by atoms with E-state index in [-0.39, 0.29) is 11.5 Å². The number of rotatable bonds is 5. The number of allylic oxidation sites excluding steroid dienone is 2. The fraction of sp³-hybridized carbons (Fsp3) is 0.545. The van der Waals surface area contributed by atoms with Crippen molar-refractivity contribution in [2.24, 2.45) is 0 Å². The highest BCUT2D eigenvalue weighted by atomic mass is 35.5. The molecule has 0 aliphatic heterocycles. The lowest BCUT2D eigenvalue weighted by Gasteiger charge is -2.39. The van der Waals surface area contributed by atoms with Crippen molar-refractivity contribution in [3.63, 3.8) is 0 Å². The normalized spacial score (nSPS) is 27.5. The molecule has 0 fully saturated rings. The van der Waals surface area contributed by atoms with Crippen molar-refractivity contribution in [2.75, 3.05) is 21.3 Å². The van der Waals surface area contributed by atoms with Crippen LogP contribution in [0.25, 0.3) is 0 Å². The zero-order valence-corrected chi connectivity index (χ0v) is 11.5. The molecule has 0 aromatic carbocycles. The van der Waals surface area contributed by atoms with Gasteiger partial charge in [0.25, 0.3) is 0 Å². The summed E-state index contributed by atoms with van der Waals surface area (Å²) in [6.07, 6.45) is 1.71. The second kappa shape index (κ2) is 4.98. The average Bonchev–Trinajstić information content (AvgIpc) is 2.48. The molecule has 1 N–H and O–H groups in total. The molecular formula is C11H15Cl2NO3. The molecule has 0 radical (unpaired) electrons. The predicted molar refractivity (Wildman–Crippen MR) is 67.1 cm³/mol. The maximum Gasteiger partial charge on any atom is 0.238 e. The van der Waals surface area contributed by atoms with Crippen LogP contribution in [0, 0.1) is 0 Å². The van der Waals surface area contributed by atoms with Gasteiger partial charge in [0.2, 0.25) is 11.6 Å². The maximum absolute atomic E-state index is 12.2. The summed E-state index contributed by atoms with van der Waals surface area (Å²) in [5.41, 5.74) is 0.325. The average molecular weight is 280 g/mol. The predicted octanol–water partition coefficient (Wildman–Crippen LogP) is 1.78. The summed E-state index contributed by atoms with van der Waals surface area (Å²) >= 11 is 12.4. The Balaban J connectivity index is 3.45. The topological polar surface area (TPSA) is 47.6 Å². The van der Waals surface area contributed by atoms with E-state index in [2.05, 4.69) is 11.9 Å². The Kier molecular flexibility index (Phi) is 4.25. The molecule has 1 rings (SSSR count). The van der Waals surface area contributed by atoms with E-state index in [1.165, 1.54) is 20.3 Å². The van der Waals surface area contributed by atoms with E-state index in [1.54, 1.807) is 7.05 Å². The van der Waals surface area contributed by atoms with Gasteiger partial charge in [-0.3, -0.25) is 4.79 Å². The summed E-state index contributed by atoms with van der Waals surface area (Å²) < 4.78 is 10.7. The Hall–Kier alpha value is -0.550. The van der Waals surface area contributed by atoms with Crippen molar-refractivity contribution in [3.05, 3.63) is 23.4 Å². The van der Waals surface area contributed by atoms with Crippen LogP contribution in [0.4, 0.5) is 0 Å². The fourth-order valence-corrected chi connectivity index (χ4v) is 2.97. The fourth-order valence-electron chi connectivity index (χ4n) is 2.09. The van der Waals surface area contributed by atoms with E-state index < -0.39 is 16.4 Å². The SMILES string of the molecule is C=CCC1(Cl)C(=O)C(Cl)=C(NC)C1(OC)OC. The molecular weight excluding hydrogens is 265 g/mol. The van der Waals surface area contributed by atoms with Crippen molar-refractivity contribution in [1.82, 2.24) is 5.32 Å². The molecule has 1 aliphatic rings. The van der Waals surface area contributed by atoms with Crippen LogP contribution in [0.1, 0.15) is 6.42 Å². The first kappa shape index (κ1) is 14.5. The van der Waals surface area contributed by atoms with Crippen LogP contribution in [0.2, 0.25) is 0 Å². The summed E-state index contributed by atoms with van der Waals surface area (Å²) in [6, 6.07) is 0. The van der Waals surface area contributed by atoms with Gasteiger partial charge in [-0.05, 0) is 6.42 Å². The Morgan fingerprint density at radius 3 is 2.35 bits per heavy atom. The van der Waals surface area contributed by atoms with Crippen LogP contribution in [-0.2, 0) is 14.3 Å². The highest BCUT2D eigenvalue weighted by molar-refractivity contribution is 6.53. The Morgan fingerprint density at radius 2 is 2.00 bits per heavy atom. The number of hydrogen-bond acceptors (Lipinski definition) is 4. The van der Waals surface area contributed by atoms with Gasteiger partial charge in [-0.2, -0.15) is 0 Å². The van der Waals surface area contributed by atoms with Gasteiger partial charge in [0.1, 0.15) is 5.03 Å². The van der Waals surface area contributed by atoms with Gasteiger partial charge in [-0.1, -0.05) is 17.7 Å². The molecule has 0 saturated carbocycles. The molecule has 17 heavy (non-hydrogen) atoms. The zero-order chi connectivity index (χ0) is 13.3. The monoisotopic (exact) mass is 279 g/mol. The number of ketones is 1. The molecule has 1 atom stereocenters. The number of alkyl halides is 1.